The number of halogens is 1. The Hall–Kier alpha value is -2.69. The van der Waals surface area contributed by atoms with E-state index in [0.717, 1.165) is 0 Å². The summed E-state index contributed by atoms with van der Waals surface area (Å²) in [5, 5.41) is 0. The van der Waals surface area contributed by atoms with Crippen LogP contribution in [0.5, 0.6) is 0 Å². The first-order valence-electron chi connectivity index (χ1n) is 7.28. The Bertz CT molecular complexity index is 701. The van der Waals surface area contributed by atoms with Crippen LogP contribution in [0.2, 0.25) is 0 Å². The number of benzene rings is 1. The maximum atomic E-state index is 13.0. The summed E-state index contributed by atoms with van der Waals surface area (Å²) >= 11 is 0. The third-order valence-corrected chi connectivity index (χ3v) is 3.48. The van der Waals surface area contributed by atoms with Crippen molar-refractivity contribution in [3.05, 3.63) is 65.1 Å². The summed E-state index contributed by atoms with van der Waals surface area (Å²) in [6.45, 7) is 7.54. The molecule has 0 radical (unpaired) electrons. The second-order valence-corrected chi connectivity index (χ2v) is 4.99. The Morgan fingerprint density at radius 1 is 1.35 bits per heavy atom. The number of ether oxygens (including phenoxy) is 1. The highest BCUT2D eigenvalue weighted by atomic mass is 19.1. The van der Waals surface area contributed by atoms with Gasteiger partial charge in [-0.15, -0.1) is 6.58 Å². The first-order chi connectivity index (χ1) is 11.0. The molecule has 1 amide bonds. The third kappa shape index (κ3) is 3.39. The van der Waals surface area contributed by atoms with Gasteiger partial charge in [-0.1, -0.05) is 18.2 Å². The van der Waals surface area contributed by atoms with E-state index in [-0.39, 0.29) is 29.5 Å². The molecule has 0 N–H and O–H groups in total. The lowest BCUT2D eigenvalue weighted by atomic mass is 10.0. The van der Waals surface area contributed by atoms with Gasteiger partial charge < -0.3 is 9.64 Å². The molecule has 4 nitrogen and oxygen atoms in total. The number of hydrogen-bond donors (Lipinski definition) is 0. The third-order valence-electron chi connectivity index (χ3n) is 3.48. The maximum Gasteiger partial charge on any atom is 0.340 e. The van der Waals surface area contributed by atoms with E-state index >= 15 is 0 Å². The zero-order valence-corrected chi connectivity index (χ0v) is 13.1. The molecule has 0 unspecified atom stereocenters. The van der Waals surface area contributed by atoms with Crippen molar-refractivity contribution in [1.29, 1.82) is 0 Å². The van der Waals surface area contributed by atoms with Gasteiger partial charge in [-0.3, -0.25) is 4.79 Å². The van der Waals surface area contributed by atoms with Crippen molar-refractivity contribution in [2.75, 3.05) is 13.2 Å². The Morgan fingerprint density at radius 3 is 2.57 bits per heavy atom. The van der Waals surface area contributed by atoms with Crippen LogP contribution in [0.1, 0.15) is 19.4 Å². The van der Waals surface area contributed by atoms with E-state index in [1.165, 1.54) is 17.0 Å². The van der Waals surface area contributed by atoms with Gasteiger partial charge in [-0.05, 0) is 37.6 Å². The van der Waals surface area contributed by atoms with Gasteiger partial charge in [-0.25, -0.2) is 9.18 Å². The minimum atomic E-state index is -0.543. The van der Waals surface area contributed by atoms with Crippen molar-refractivity contribution in [2.24, 2.45) is 0 Å². The van der Waals surface area contributed by atoms with E-state index in [2.05, 4.69) is 6.58 Å². The molecule has 1 heterocycles. The number of hydrogen-bond acceptors (Lipinski definition) is 3. The van der Waals surface area contributed by atoms with Crippen LogP contribution in [0.4, 0.5) is 4.39 Å². The molecule has 5 heteroatoms. The van der Waals surface area contributed by atoms with Gasteiger partial charge in [-0.2, -0.15) is 0 Å². The van der Waals surface area contributed by atoms with Crippen LogP contribution >= 0.6 is 0 Å². The highest BCUT2D eigenvalue weighted by Gasteiger charge is 2.36. The first kappa shape index (κ1) is 16.7. The average Bonchev–Trinajstić information content (AvgIpc) is 2.75. The topological polar surface area (TPSA) is 46.6 Å². The van der Waals surface area contributed by atoms with E-state index in [1.54, 1.807) is 38.1 Å². The number of amides is 1. The molecule has 0 atom stereocenters. The van der Waals surface area contributed by atoms with Gasteiger partial charge in [0.2, 0.25) is 0 Å². The number of carbonyl (C=O) groups is 2. The number of rotatable bonds is 5. The van der Waals surface area contributed by atoms with E-state index in [4.69, 9.17) is 4.74 Å². The molecule has 23 heavy (non-hydrogen) atoms. The van der Waals surface area contributed by atoms with E-state index < -0.39 is 5.97 Å². The second-order valence-electron chi connectivity index (χ2n) is 4.99. The summed E-state index contributed by atoms with van der Waals surface area (Å²) in [7, 11) is 0. The molecule has 0 saturated heterocycles. The molecule has 0 aromatic heterocycles. The quantitative estimate of drug-likeness (QED) is 0.476. The summed E-state index contributed by atoms with van der Waals surface area (Å²) < 4.78 is 18.1. The summed E-state index contributed by atoms with van der Waals surface area (Å²) in [5.74, 6) is -1.21. The van der Waals surface area contributed by atoms with Crippen LogP contribution in [-0.4, -0.2) is 29.9 Å². The lowest BCUT2D eigenvalue weighted by Crippen LogP contribution is -2.24. The van der Waals surface area contributed by atoms with Gasteiger partial charge in [0.15, 0.2) is 0 Å². The molecular formula is C18H18FNO3. The fourth-order valence-corrected chi connectivity index (χ4v) is 2.40. The monoisotopic (exact) mass is 315 g/mol. The van der Waals surface area contributed by atoms with Crippen LogP contribution in [-0.2, 0) is 14.3 Å². The van der Waals surface area contributed by atoms with Crippen molar-refractivity contribution in [1.82, 2.24) is 4.90 Å². The molecule has 1 aromatic carbocycles. The molecule has 2 rings (SSSR count). The molecule has 1 aromatic rings. The highest BCUT2D eigenvalue weighted by molar-refractivity contribution is 6.16. The molecule has 0 spiro atoms. The Balaban J connectivity index is 2.50. The summed E-state index contributed by atoms with van der Waals surface area (Å²) in [6.07, 6.45) is 3.16. The van der Waals surface area contributed by atoms with Gasteiger partial charge in [0, 0.05) is 12.2 Å². The van der Waals surface area contributed by atoms with Crippen molar-refractivity contribution < 1.29 is 18.7 Å². The highest BCUT2D eigenvalue weighted by Crippen LogP contribution is 2.31. The number of allylic oxidation sites excluding steroid dienone is 1. The number of carbonyl (C=O) groups excluding carboxylic acids is 2. The average molecular weight is 315 g/mol. The fraction of sp³-hybridized carbons (Fsp3) is 0.222. The zero-order chi connectivity index (χ0) is 17.0. The lowest BCUT2D eigenvalue weighted by Gasteiger charge is -2.14. The first-order valence-corrected chi connectivity index (χ1v) is 7.28. The van der Waals surface area contributed by atoms with E-state index in [1.807, 2.05) is 0 Å². The molecule has 0 bridgehead atoms. The minimum absolute atomic E-state index is 0.217. The molecule has 1 aliphatic rings. The fourth-order valence-electron chi connectivity index (χ4n) is 2.40. The van der Waals surface area contributed by atoms with E-state index in [0.29, 0.717) is 17.8 Å². The second kappa shape index (κ2) is 7.05. The lowest BCUT2D eigenvalue weighted by molar-refractivity contribution is -0.138. The number of esters is 1. The smallest absolute Gasteiger partial charge is 0.340 e. The Kier molecular flexibility index (Phi) is 5.11. The predicted molar refractivity (Wildman–Crippen MR) is 85.6 cm³/mol. The van der Waals surface area contributed by atoms with Crippen molar-refractivity contribution in [2.45, 2.75) is 13.8 Å². The molecule has 0 saturated carbocycles. The van der Waals surface area contributed by atoms with Crippen LogP contribution in [0.15, 0.2) is 53.8 Å². The normalized spacial score (nSPS) is 16.2. The van der Waals surface area contributed by atoms with Crippen molar-refractivity contribution in [3.8, 4) is 0 Å². The van der Waals surface area contributed by atoms with Crippen LogP contribution in [0.3, 0.4) is 0 Å². The maximum absolute atomic E-state index is 13.0. The minimum Gasteiger partial charge on any atom is -0.462 e. The van der Waals surface area contributed by atoms with Gasteiger partial charge in [0.1, 0.15) is 5.82 Å². The van der Waals surface area contributed by atoms with Crippen molar-refractivity contribution in [3.63, 3.8) is 0 Å². The Labute approximate surface area is 134 Å². The molecule has 0 aliphatic carbocycles. The molecule has 120 valence electrons. The summed E-state index contributed by atoms with van der Waals surface area (Å²) in [6, 6.07) is 5.69. The standard InChI is InChI=1S/C18H18FNO3/c1-4-10-20-12(3)16(18(22)23-5-2)15(17(20)21)11-13-6-8-14(19)9-7-13/h4,6-9,11H,1,5,10H2,2-3H3/b15-11-. The van der Waals surface area contributed by atoms with Gasteiger partial charge in [0.05, 0.1) is 17.8 Å². The Morgan fingerprint density at radius 2 is 2.00 bits per heavy atom. The molecular weight excluding hydrogens is 297 g/mol. The van der Waals surface area contributed by atoms with Crippen LogP contribution in [0, 0.1) is 5.82 Å². The van der Waals surface area contributed by atoms with Crippen LogP contribution < -0.4 is 0 Å². The van der Waals surface area contributed by atoms with Gasteiger partial charge >= 0.3 is 5.97 Å². The molecule has 1 aliphatic heterocycles. The van der Waals surface area contributed by atoms with E-state index in [9.17, 15) is 14.0 Å². The molecule has 0 fully saturated rings. The summed E-state index contributed by atoms with van der Waals surface area (Å²) in [4.78, 5) is 26.3. The zero-order valence-electron chi connectivity index (χ0n) is 13.1. The van der Waals surface area contributed by atoms with Gasteiger partial charge in [0.25, 0.3) is 5.91 Å². The van der Waals surface area contributed by atoms with Crippen LogP contribution in [0.25, 0.3) is 6.08 Å². The SMILES string of the molecule is C=CCN1C(=O)/C(=C\c2ccc(F)cc2)C(C(=O)OCC)=C1C. The number of nitrogens with zero attached hydrogens (tertiary/aromatic N) is 1. The summed E-state index contributed by atoms with van der Waals surface area (Å²) in [5.41, 5.74) is 1.64. The predicted octanol–water partition coefficient (Wildman–Crippen LogP) is 3.07. The van der Waals surface area contributed by atoms with Crippen molar-refractivity contribution >= 4 is 18.0 Å². The largest absolute Gasteiger partial charge is 0.462 e.